The van der Waals surface area contributed by atoms with Gasteiger partial charge in [-0.05, 0) is 24.1 Å². The van der Waals surface area contributed by atoms with E-state index in [1.165, 1.54) is 7.05 Å². The van der Waals surface area contributed by atoms with Crippen LogP contribution in [-0.2, 0) is 11.2 Å². The van der Waals surface area contributed by atoms with Crippen molar-refractivity contribution >= 4 is 11.6 Å². The molecule has 0 aromatic heterocycles. The standard InChI is InChI=1S/C12H16F2N2O/c1-16(8-11(13)14)12(17)6-5-9-3-2-4-10(15)7-9/h2-4,7,11H,5-6,8,15H2,1H3. The van der Waals surface area contributed by atoms with Gasteiger partial charge >= 0.3 is 0 Å². The molecule has 0 bridgehead atoms. The smallest absolute Gasteiger partial charge is 0.255 e. The van der Waals surface area contributed by atoms with Crippen LogP contribution < -0.4 is 5.73 Å². The maximum Gasteiger partial charge on any atom is 0.255 e. The van der Waals surface area contributed by atoms with Crippen molar-refractivity contribution in [2.75, 3.05) is 19.3 Å². The first-order valence-electron chi connectivity index (χ1n) is 5.35. The van der Waals surface area contributed by atoms with Crippen molar-refractivity contribution in [2.24, 2.45) is 0 Å². The molecule has 0 aliphatic rings. The summed E-state index contributed by atoms with van der Waals surface area (Å²) in [5.74, 6) is -0.285. The zero-order valence-electron chi connectivity index (χ0n) is 9.70. The Hall–Kier alpha value is -1.65. The molecule has 1 amide bonds. The fourth-order valence-electron chi connectivity index (χ4n) is 1.50. The third-order valence-corrected chi connectivity index (χ3v) is 2.42. The lowest BCUT2D eigenvalue weighted by Gasteiger charge is -2.16. The molecule has 1 aromatic rings. The number of alkyl halides is 2. The summed E-state index contributed by atoms with van der Waals surface area (Å²) in [6.07, 6.45) is -1.76. The van der Waals surface area contributed by atoms with Crippen LogP contribution in [0.5, 0.6) is 0 Å². The van der Waals surface area contributed by atoms with E-state index in [1.54, 1.807) is 18.2 Å². The van der Waals surface area contributed by atoms with Gasteiger partial charge in [0.2, 0.25) is 5.91 Å². The van der Waals surface area contributed by atoms with Crippen molar-refractivity contribution in [2.45, 2.75) is 19.3 Å². The minimum atomic E-state index is -2.49. The van der Waals surface area contributed by atoms with Crippen LogP contribution in [0.25, 0.3) is 0 Å². The fourth-order valence-corrected chi connectivity index (χ4v) is 1.50. The molecule has 0 saturated heterocycles. The van der Waals surface area contributed by atoms with Crippen LogP contribution in [0.2, 0.25) is 0 Å². The lowest BCUT2D eigenvalue weighted by atomic mass is 10.1. The van der Waals surface area contributed by atoms with Gasteiger partial charge in [0.05, 0.1) is 6.54 Å². The average molecular weight is 242 g/mol. The first-order chi connectivity index (χ1) is 7.99. The van der Waals surface area contributed by atoms with Crippen molar-refractivity contribution in [3.05, 3.63) is 29.8 Å². The van der Waals surface area contributed by atoms with Gasteiger partial charge in [0, 0.05) is 19.2 Å². The van der Waals surface area contributed by atoms with Gasteiger partial charge in [0.1, 0.15) is 0 Å². The van der Waals surface area contributed by atoms with Crippen molar-refractivity contribution in [3.63, 3.8) is 0 Å². The van der Waals surface area contributed by atoms with E-state index in [1.807, 2.05) is 6.07 Å². The van der Waals surface area contributed by atoms with Crippen molar-refractivity contribution in [3.8, 4) is 0 Å². The van der Waals surface area contributed by atoms with Gasteiger partial charge < -0.3 is 10.6 Å². The Labute approximate surface area is 99.2 Å². The van der Waals surface area contributed by atoms with Crippen LogP contribution in [-0.4, -0.2) is 30.8 Å². The molecule has 2 N–H and O–H groups in total. The van der Waals surface area contributed by atoms with E-state index in [2.05, 4.69) is 0 Å². The monoisotopic (exact) mass is 242 g/mol. The third kappa shape index (κ3) is 4.80. The van der Waals surface area contributed by atoms with Crippen molar-refractivity contribution < 1.29 is 13.6 Å². The second-order valence-electron chi connectivity index (χ2n) is 3.91. The molecule has 5 heteroatoms. The van der Waals surface area contributed by atoms with Gasteiger partial charge in [-0.25, -0.2) is 8.78 Å². The Morgan fingerprint density at radius 1 is 1.47 bits per heavy atom. The number of nitrogen functional groups attached to an aromatic ring is 1. The number of rotatable bonds is 5. The number of benzene rings is 1. The van der Waals surface area contributed by atoms with Crippen LogP contribution in [0.15, 0.2) is 24.3 Å². The second-order valence-corrected chi connectivity index (χ2v) is 3.91. The molecule has 0 saturated carbocycles. The first-order valence-corrected chi connectivity index (χ1v) is 5.35. The lowest BCUT2D eigenvalue weighted by Crippen LogP contribution is -2.31. The van der Waals surface area contributed by atoms with Crippen LogP contribution in [0.3, 0.4) is 0 Å². The van der Waals surface area contributed by atoms with Crippen LogP contribution in [0, 0.1) is 0 Å². The topological polar surface area (TPSA) is 46.3 Å². The molecule has 0 heterocycles. The summed E-state index contributed by atoms with van der Waals surface area (Å²) in [6, 6.07) is 7.20. The predicted octanol–water partition coefficient (Wildman–Crippen LogP) is 1.92. The highest BCUT2D eigenvalue weighted by Crippen LogP contribution is 2.09. The van der Waals surface area contributed by atoms with E-state index in [0.29, 0.717) is 12.1 Å². The average Bonchev–Trinajstić information content (AvgIpc) is 2.25. The summed E-state index contributed by atoms with van der Waals surface area (Å²) in [5, 5.41) is 0. The molecule has 0 fully saturated rings. The SMILES string of the molecule is CN(CC(F)F)C(=O)CCc1cccc(N)c1. The van der Waals surface area contributed by atoms with Crippen LogP contribution in [0.4, 0.5) is 14.5 Å². The molecule has 0 aliphatic carbocycles. The van der Waals surface area contributed by atoms with E-state index >= 15 is 0 Å². The molecule has 17 heavy (non-hydrogen) atoms. The van der Waals surface area contributed by atoms with Gasteiger partial charge in [0.15, 0.2) is 0 Å². The van der Waals surface area contributed by atoms with E-state index in [-0.39, 0.29) is 12.3 Å². The minimum Gasteiger partial charge on any atom is -0.399 e. The molecule has 0 spiro atoms. The molecule has 0 atom stereocenters. The molecular formula is C12H16F2N2O. The fraction of sp³-hybridized carbons (Fsp3) is 0.417. The van der Waals surface area contributed by atoms with Gasteiger partial charge in [0.25, 0.3) is 6.43 Å². The van der Waals surface area contributed by atoms with E-state index in [4.69, 9.17) is 5.73 Å². The maximum absolute atomic E-state index is 12.1. The van der Waals surface area contributed by atoms with E-state index in [9.17, 15) is 13.6 Å². The maximum atomic E-state index is 12.1. The molecule has 0 aliphatic heterocycles. The Bertz CT molecular complexity index is 383. The number of aryl methyl sites for hydroxylation is 1. The van der Waals surface area contributed by atoms with Crippen molar-refractivity contribution in [1.29, 1.82) is 0 Å². The number of halogens is 2. The number of carbonyl (C=O) groups is 1. The highest BCUT2D eigenvalue weighted by molar-refractivity contribution is 5.76. The van der Waals surface area contributed by atoms with Gasteiger partial charge in [-0.3, -0.25) is 4.79 Å². The van der Waals surface area contributed by atoms with Crippen LogP contribution >= 0.6 is 0 Å². The highest BCUT2D eigenvalue weighted by Gasteiger charge is 2.13. The van der Waals surface area contributed by atoms with E-state index in [0.717, 1.165) is 10.5 Å². The quantitative estimate of drug-likeness (QED) is 0.802. The summed E-state index contributed by atoms with van der Waals surface area (Å²) < 4.78 is 24.1. The Balaban J connectivity index is 2.43. The normalized spacial score (nSPS) is 10.6. The lowest BCUT2D eigenvalue weighted by molar-refractivity contribution is -0.131. The molecule has 1 aromatic carbocycles. The third-order valence-electron chi connectivity index (χ3n) is 2.42. The number of carbonyl (C=O) groups excluding carboxylic acids is 1. The molecule has 3 nitrogen and oxygen atoms in total. The highest BCUT2D eigenvalue weighted by atomic mass is 19.3. The molecule has 0 radical (unpaired) electrons. The Kier molecular flexibility index (Phi) is 4.87. The number of hydrogen-bond acceptors (Lipinski definition) is 2. The zero-order valence-corrected chi connectivity index (χ0v) is 9.70. The number of nitrogens with two attached hydrogens (primary N) is 1. The molecule has 94 valence electrons. The Morgan fingerprint density at radius 2 is 2.18 bits per heavy atom. The summed E-state index contributed by atoms with van der Waals surface area (Å²) in [4.78, 5) is 12.6. The molecule has 1 rings (SSSR count). The number of anilines is 1. The summed E-state index contributed by atoms with van der Waals surface area (Å²) >= 11 is 0. The number of amides is 1. The largest absolute Gasteiger partial charge is 0.399 e. The molecule has 0 unspecified atom stereocenters. The summed E-state index contributed by atoms with van der Waals surface area (Å²) in [7, 11) is 1.38. The first kappa shape index (κ1) is 13.4. The van der Waals surface area contributed by atoms with Gasteiger partial charge in [-0.2, -0.15) is 0 Å². The second kappa shape index (κ2) is 6.18. The number of nitrogens with zero attached hydrogens (tertiary/aromatic N) is 1. The minimum absolute atomic E-state index is 0.215. The zero-order chi connectivity index (χ0) is 12.8. The van der Waals surface area contributed by atoms with Crippen LogP contribution in [0.1, 0.15) is 12.0 Å². The van der Waals surface area contributed by atoms with E-state index < -0.39 is 13.0 Å². The van der Waals surface area contributed by atoms with Gasteiger partial charge in [-0.1, -0.05) is 12.1 Å². The molecular weight excluding hydrogens is 226 g/mol. The predicted molar refractivity (Wildman–Crippen MR) is 62.8 cm³/mol. The number of hydrogen-bond donors (Lipinski definition) is 1. The van der Waals surface area contributed by atoms with Gasteiger partial charge in [-0.15, -0.1) is 0 Å². The summed E-state index contributed by atoms with van der Waals surface area (Å²) in [6.45, 7) is -0.518. The van der Waals surface area contributed by atoms with Crippen molar-refractivity contribution in [1.82, 2.24) is 4.90 Å². The summed E-state index contributed by atoms with van der Waals surface area (Å²) in [5.41, 5.74) is 7.17. The Morgan fingerprint density at radius 3 is 2.76 bits per heavy atom.